The molecular formula is C23H20BrN3O2S. The van der Waals surface area contributed by atoms with E-state index in [1.54, 1.807) is 11.3 Å². The summed E-state index contributed by atoms with van der Waals surface area (Å²) in [7, 11) is 0. The Bertz CT molecular complexity index is 1180. The molecule has 0 aliphatic carbocycles. The maximum absolute atomic E-state index is 12.9. The van der Waals surface area contributed by atoms with Gasteiger partial charge in [0.05, 0.1) is 10.9 Å². The lowest BCUT2D eigenvalue weighted by atomic mass is 9.98. The summed E-state index contributed by atoms with van der Waals surface area (Å²) in [6.45, 7) is 4.09. The van der Waals surface area contributed by atoms with Gasteiger partial charge in [-0.25, -0.2) is 0 Å². The molecule has 0 N–H and O–H groups in total. The third kappa shape index (κ3) is 2.91. The quantitative estimate of drug-likeness (QED) is 0.570. The van der Waals surface area contributed by atoms with E-state index < -0.39 is 0 Å². The predicted octanol–water partition coefficient (Wildman–Crippen LogP) is 3.83. The van der Waals surface area contributed by atoms with Gasteiger partial charge >= 0.3 is 0 Å². The Morgan fingerprint density at radius 3 is 2.60 bits per heavy atom. The Morgan fingerprint density at radius 1 is 1.00 bits per heavy atom. The summed E-state index contributed by atoms with van der Waals surface area (Å²) in [5.41, 5.74) is 1.99. The molecule has 0 saturated carbocycles. The number of rotatable bonds is 3. The lowest BCUT2D eigenvalue weighted by molar-refractivity contribution is -0.0363. The highest BCUT2D eigenvalue weighted by atomic mass is 79.9. The number of hydrogen-bond donors (Lipinski definition) is 0. The molecule has 7 heteroatoms. The summed E-state index contributed by atoms with van der Waals surface area (Å²) in [6.07, 6.45) is 0. The fraction of sp³-hybridized carbons (Fsp3) is 0.304. The number of amides is 2. The van der Waals surface area contributed by atoms with Crippen molar-refractivity contribution in [1.82, 2.24) is 14.7 Å². The molecule has 2 saturated heterocycles. The Labute approximate surface area is 187 Å². The molecule has 6 rings (SSSR count). The van der Waals surface area contributed by atoms with Crippen molar-refractivity contribution in [2.24, 2.45) is 0 Å². The smallest absolute Gasteiger partial charge is 0.264 e. The fourth-order valence-corrected chi connectivity index (χ4v) is 6.07. The zero-order valence-corrected chi connectivity index (χ0v) is 18.7. The zero-order valence-electron chi connectivity index (χ0n) is 16.3. The molecule has 4 heterocycles. The zero-order chi connectivity index (χ0) is 20.4. The maximum Gasteiger partial charge on any atom is 0.264 e. The van der Waals surface area contributed by atoms with Crippen molar-refractivity contribution in [2.45, 2.75) is 18.6 Å². The molecular weight excluding hydrogens is 462 g/mol. The number of fused-ring (bicyclic) bond motifs is 2. The van der Waals surface area contributed by atoms with Gasteiger partial charge in [0.1, 0.15) is 0 Å². The van der Waals surface area contributed by atoms with E-state index >= 15 is 0 Å². The van der Waals surface area contributed by atoms with E-state index in [0.717, 1.165) is 63.3 Å². The summed E-state index contributed by atoms with van der Waals surface area (Å²) in [6, 6.07) is 16.7. The number of hydrogen-bond acceptors (Lipinski definition) is 4. The first-order chi connectivity index (χ1) is 14.6. The van der Waals surface area contributed by atoms with Crippen LogP contribution in [-0.4, -0.2) is 64.8 Å². The van der Waals surface area contributed by atoms with Gasteiger partial charge in [-0.1, -0.05) is 34.1 Å². The van der Waals surface area contributed by atoms with Crippen molar-refractivity contribution in [1.29, 1.82) is 0 Å². The number of carbonyl (C=O) groups excluding carboxylic acids is 2. The van der Waals surface area contributed by atoms with Gasteiger partial charge in [0.15, 0.2) is 0 Å². The Balaban J connectivity index is 1.04. The first-order valence-electron chi connectivity index (χ1n) is 10.2. The maximum atomic E-state index is 12.9. The molecule has 1 aromatic heterocycles. The van der Waals surface area contributed by atoms with Crippen LogP contribution in [0.3, 0.4) is 0 Å². The van der Waals surface area contributed by atoms with E-state index in [2.05, 4.69) is 33.0 Å². The fourth-order valence-electron chi connectivity index (χ4n) is 4.68. The second kappa shape index (κ2) is 6.90. The molecule has 2 amide bonds. The molecule has 152 valence electrons. The molecule has 5 nitrogen and oxygen atoms in total. The van der Waals surface area contributed by atoms with Crippen LogP contribution in [0.25, 0.3) is 10.1 Å². The Kier molecular flexibility index (Phi) is 4.27. The minimum atomic E-state index is 0.130. The van der Waals surface area contributed by atoms with E-state index in [-0.39, 0.29) is 17.9 Å². The van der Waals surface area contributed by atoms with E-state index in [9.17, 15) is 9.59 Å². The molecule has 0 atom stereocenters. The van der Waals surface area contributed by atoms with Crippen LogP contribution in [-0.2, 0) is 6.54 Å². The Hall–Kier alpha value is -2.22. The summed E-state index contributed by atoms with van der Waals surface area (Å²) in [4.78, 5) is 32.7. The molecule has 3 aliphatic rings. The molecule has 2 aromatic carbocycles. The number of carbonyl (C=O) groups is 2. The van der Waals surface area contributed by atoms with E-state index in [1.165, 1.54) is 0 Å². The van der Waals surface area contributed by atoms with E-state index in [4.69, 9.17) is 0 Å². The van der Waals surface area contributed by atoms with Crippen LogP contribution < -0.4 is 0 Å². The summed E-state index contributed by atoms with van der Waals surface area (Å²) in [5, 5.41) is 1.11. The largest absolute Gasteiger partial charge is 0.335 e. The number of benzene rings is 2. The van der Waals surface area contributed by atoms with Gasteiger partial charge in [0.25, 0.3) is 11.8 Å². The standard InChI is InChI=1S/C23H20BrN3O2S/c24-16-5-6-20-15(7-16)8-21(30-20)23(29)26-10-17(11-26)25-12-18(13-25)27-9-14-3-1-2-4-19(14)22(27)28/h1-8,17-18H,9-13H2. The van der Waals surface area contributed by atoms with Crippen molar-refractivity contribution in [3.8, 4) is 0 Å². The highest BCUT2D eigenvalue weighted by molar-refractivity contribution is 9.10. The van der Waals surface area contributed by atoms with Crippen LogP contribution in [0.1, 0.15) is 25.6 Å². The highest BCUT2D eigenvalue weighted by Gasteiger charge is 2.45. The van der Waals surface area contributed by atoms with Crippen LogP contribution in [0.4, 0.5) is 0 Å². The third-order valence-electron chi connectivity index (χ3n) is 6.54. The molecule has 3 aromatic rings. The van der Waals surface area contributed by atoms with E-state index in [0.29, 0.717) is 6.04 Å². The highest BCUT2D eigenvalue weighted by Crippen LogP contribution is 2.33. The van der Waals surface area contributed by atoms with Gasteiger partial charge in [-0.3, -0.25) is 14.5 Å². The SMILES string of the molecule is O=C(c1cc2cc(Br)ccc2s1)N1CC(N2CC(N3Cc4ccccc4C3=O)C2)C1. The predicted molar refractivity (Wildman–Crippen MR) is 121 cm³/mol. The van der Waals surface area contributed by atoms with Gasteiger partial charge in [-0.15, -0.1) is 11.3 Å². The Morgan fingerprint density at radius 2 is 1.80 bits per heavy atom. The van der Waals surface area contributed by atoms with Crippen molar-refractivity contribution < 1.29 is 9.59 Å². The first kappa shape index (κ1) is 18.5. The van der Waals surface area contributed by atoms with Crippen LogP contribution in [0.15, 0.2) is 53.0 Å². The van der Waals surface area contributed by atoms with Crippen LogP contribution in [0.5, 0.6) is 0 Å². The topological polar surface area (TPSA) is 43.9 Å². The van der Waals surface area contributed by atoms with Crippen LogP contribution in [0, 0.1) is 0 Å². The number of halogens is 1. The summed E-state index contributed by atoms with van der Waals surface area (Å²) < 4.78 is 2.17. The average Bonchev–Trinajstić information content (AvgIpc) is 3.23. The number of likely N-dealkylation sites (tertiary alicyclic amines) is 2. The molecule has 0 unspecified atom stereocenters. The molecule has 3 aliphatic heterocycles. The van der Waals surface area contributed by atoms with Gasteiger partial charge < -0.3 is 9.80 Å². The second-order valence-corrected chi connectivity index (χ2v) is 10.4. The van der Waals surface area contributed by atoms with Gasteiger partial charge in [-0.2, -0.15) is 0 Å². The van der Waals surface area contributed by atoms with E-state index in [1.807, 2.05) is 46.2 Å². The van der Waals surface area contributed by atoms with Gasteiger partial charge in [0.2, 0.25) is 0 Å². The number of thiophene rings is 1. The van der Waals surface area contributed by atoms with Crippen LogP contribution >= 0.6 is 27.3 Å². The minimum Gasteiger partial charge on any atom is -0.335 e. The van der Waals surface area contributed by atoms with Gasteiger partial charge in [0, 0.05) is 53.5 Å². The third-order valence-corrected chi connectivity index (χ3v) is 8.13. The normalized spacial score (nSPS) is 19.8. The molecule has 0 radical (unpaired) electrons. The molecule has 2 fully saturated rings. The summed E-state index contributed by atoms with van der Waals surface area (Å²) >= 11 is 5.05. The van der Waals surface area contributed by atoms with Gasteiger partial charge in [-0.05, 0) is 41.3 Å². The van der Waals surface area contributed by atoms with Crippen molar-refractivity contribution in [3.05, 3.63) is 69.0 Å². The minimum absolute atomic E-state index is 0.130. The molecule has 30 heavy (non-hydrogen) atoms. The van der Waals surface area contributed by atoms with Crippen molar-refractivity contribution in [3.63, 3.8) is 0 Å². The second-order valence-electron chi connectivity index (χ2n) is 8.35. The lowest BCUT2D eigenvalue weighted by Gasteiger charge is -2.53. The number of nitrogens with zero attached hydrogens (tertiary/aromatic N) is 3. The monoisotopic (exact) mass is 481 g/mol. The average molecular weight is 482 g/mol. The molecule has 0 bridgehead atoms. The van der Waals surface area contributed by atoms with Crippen LogP contribution in [0.2, 0.25) is 0 Å². The van der Waals surface area contributed by atoms with Crippen molar-refractivity contribution >= 4 is 49.2 Å². The molecule has 0 spiro atoms. The first-order valence-corrected chi connectivity index (χ1v) is 11.8. The summed E-state index contributed by atoms with van der Waals surface area (Å²) in [5.74, 6) is 0.294. The lowest BCUT2D eigenvalue weighted by Crippen LogP contribution is -2.70. The van der Waals surface area contributed by atoms with Crippen molar-refractivity contribution in [2.75, 3.05) is 26.2 Å².